The van der Waals surface area contributed by atoms with Gasteiger partial charge in [-0.15, -0.1) is 0 Å². The minimum atomic E-state index is 1.05. The van der Waals surface area contributed by atoms with Gasteiger partial charge in [0, 0.05) is 6.54 Å². The molecule has 96 valence electrons. The monoisotopic (exact) mass is 234 g/mol. The fourth-order valence-electron chi connectivity index (χ4n) is 2.00. The number of benzene rings is 1. The molecule has 0 aliphatic rings. The molecule has 0 bridgehead atoms. The largest absolute Gasteiger partial charge is 0.319 e. The van der Waals surface area contributed by atoms with Gasteiger partial charge in [-0.05, 0) is 50.7 Å². The third-order valence-electron chi connectivity index (χ3n) is 3.08. The van der Waals surface area contributed by atoms with E-state index in [2.05, 4.69) is 48.3 Å². The number of likely N-dealkylation sites (N-methyl/N-ethyl adjacent to an activating group) is 1. The maximum atomic E-state index is 3.18. The van der Waals surface area contributed by atoms with Crippen LogP contribution in [-0.2, 0) is 13.0 Å². The van der Waals surface area contributed by atoms with Crippen LogP contribution in [-0.4, -0.2) is 31.6 Å². The average Bonchev–Trinajstić information content (AvgIpc) is 2.37. The van der Waals surface area contributed by atoms with E-state index in [0.29, 0.717) is 0 Å². The Morgan fingerprint density at radius 2 is 1.71 bits per heavy atom. The summed E-state index contributed by atoms with van der Waals surface area (Å²) >= 11 is 0. The summed E-state index contributed by atoms with van der Waals surface area (Å²) in [6.07, 6.45) is 2.34. The van der Waals surface area contributed by atoms with Crippen molar-refractivity contribution in [2.45, 2.75) is 33.2 Å². The molecule has 0 amide bonds. The van der Waals surface area contributed by atoms with Crippen molar-refractivity contribution in [3.05, 3.63) is 35.4 Å². The van der Waals surface area contributed by atoms with Crippen molar-refractivity contribution < 1.29 is 0 Å². The van der Waals surface area contributed by atoms with Gasteiger partial charge in [-0.3, -0.25) is 4.90 Å². The van der Waals surface area contributed by atoms with Gasteiger partial charge in [-0.25, -0.2) is 0 Å². The molecular weight excluding hydrogens is 208 g/mol. The van der Waals surface area contributed by atoms with E-state index in [1.807, 2.05) is 7.05 Å². The van der Waals surface area contributed by atoms with Gasteiger partial charge in [0.1, 0.15) is 0 Å². The first-order chi connectivity index (χ1) is 8.30. The molecule has 0 unspecified atom stereocenters. The van der Waals surface area contributed by atoms with Gasteiger partial charge in [-0.1, -0.05) is 38.1 Å². The lowest BCUT2D eigenvalue weighted by Crippen LogP contribution is -2.23. The van der Waals surface area contributed by atoms with E-state index >= 15 is 0 Å². The number of nitrogens with one attached hydrogen (secondary N) is 1. The smallest absolute Gasteiger partial charge is 0.0233 e. The van der Waals surface area contributed by atoms with Crippen LogP contribution in [0.1, 0.15) is 31.4 Å². The van der Waals surface area contributed by atoms with Gasteiger partial charge in [0.25, 0.3) is 0 Å². The van der Waals surface area contributed by atoms with E-state index in [1.165, 1.54) is 24.1 Å². The van der Waals surface area contributed by atoms with Crippen molar-refractivity contribution in [1.82, 2.24) is 10.2 Å². The zero-order chi connectivity index (χ0) is 12.5. The third kappa shape index (κ3) is 5.33. The first-order valence-electron chi connectivity index (χ1n) is 6.74. The van der Waals surface area contributed by atoms with Gasteiger partial charge in [-0.2, -0.15) is 0 Å². The molecule has 1 N–H and O–H groups in total. The van der Waals surface area contributed by atoms with Crippen LogP contribution in [0.4, 0.5) is 0 Å². The van der Waals surface area contributed by atoms with Crippen molar-refractivity contribution in [1.29, 1.82) is 0 Å². The van der Waals surface area contributed by atoms with Crippen molar-refractivity contribution >= 4 is 0 Å². The van der Waals surface area contributed by atoms with E-state index < -0.39 is 0 Å². The van der Waals surface area contributed by atoms with Crippen LogP contribution in [0.5, 0.6) is 0 Å². The Kier molecular flexibility index (Phi) is 6.90. The Labute approximate surface area is 106 Å². The van der Waals surface area contributed by atoms with E-state index in [-0.39, 0.29) is 0 Å². The summed E-state index contributed by atoms with van der Waals surface area (Å²) in [4.78, 5) is 2.49. The molecule has 0 saturated heterocycles. The van der Waals surface area contributed by atoms with Crippen molar-refractivity contribution in [2.24, 2.45) is 0 Å². The van der Waals surface area contributed by atoms with Crippen LogP contribution in [0.2, 0.25) is 0 Å². The first-order valence-corrected chi connectivity index (χ1v) is 6.74. The Morgan fingerprint density at radius 1 is 1.06 bits per heavy atom. The molecular formula is C15H26N2. The lowest BCUT2D eigenvalue weighted by Gasteiger charge is -2.19. The molecule has 0 saturated carbocycles. The van der Waals surface area contributed by atoms with Crippen molar-refractivity contribution in [3.63, 3.8) is 0 Å². The van der Waals surface area contributed by atoms with Crippen molar-refractivity contribution in [2.75, 3.05) is 26.7 Å². The molecule has 2 heteroatoms. The highest BCUT2D eigenvalue weighted by Gasteiger charge is 2.02. The summed E-state index contributed by atoms with van der Waals surface area (Å²) in [7, 11) is 2.00. The molecule has 0 aromatic heterocycles. The van der Waals surface area contributed by atoms with Crippen LogP contribution in [0.3, 0.4) is 0 Å². The molecule has 0 aliphatic carbocycles. The second-order valence-electron chi connectivity index (χ2n) is 4.54. The van der Waals surface area contributed by atoms with Gasteiger partial charge >= 0.3 is 0 Å². The molecule has 0 fully saturated rings. The van der Waals surface area contributed by atoms with E-state index in [4.69, 9.17) is 0 Å². The first kappa shape index (κ1) is 14.2. The number of hydrogen-bond donors (Lipinski definition) is 1. The minimum Gasteiger partial charge on any atom is -0.319 e. The van der Waals surface area contributed by atoms with Crippen LogP contribution >= 0.6 is 0 Å². The molecule has 1 rings (SSSR count). The summed E-state index contributed by atoms with van der Waals surface area (Å²) in [6.45, 7) is 8.93. The Morgan fingerprint density at radius 3 is 2.24 bits per heavy atom. The average molecular weight is 234 g/mol. The van der Waals surface area contributed by atoms with Crippen molar-refractivity contribution in [3.8, 4) is 0 Å². The summed E-state index contributed by atoms with van der Waals surface area (Å²) in [6, 6.07) is 9.05. The maximum absolute atomic E-state index is 3.18. The summed E-state index contributed by atoms with van der Waals surface area (Å²) < 4.78 is 0. The molecule has 1 aromatic carbocycles. The molecule has 0 atom stereocenters. The van der Waals surface area contributed by atoms with Gasteiger partial charge in [0.15, 0.2) is 0 Å². The summed E-state index contributed by atoms with van der Waals surface area (Å²) in [5, 5.41) is 3.18. The van der Waals surface area contributed by atoms with E-state index in [9.17, 15) is 0 Å². The van der Waals surface area contributed by atoms with Gasteiger partial charge in [0.2, 0.25) is 0 Å². The lowest BCUT2D eigenvalue weighted by atomic mass is 10.1. The highest BCUT2D eigenvalue weighted by Crippen LogP contribution is 2.08. The Balaban J connectivity index is 2.49. The van der Waals surface area contributed by atoms with E-state index in [1.54, 1.807) is 0 Å². The predicted octanol–water partition coefficient (Wildman–Crippen LogP) is 2.68. The quantitative estimate of drug-likeness (QED) is 0.744. The second kappa shape index (κ2) is 8.26. The van der Waals surface area contributed by atoms with Crippen LogP contribution in [0.15, 0.2) is 24.3 Å². The number of nitrogens with zero attached hydrogens (tertiary/aromatic N) is 1. The zero-order valence-electron chi connectivity index (χ0n) is 11.5. The standard InChI is InChI=1S/C15H26N2/c1-4-12-17(5-2)13-15-8-6-14(7-9-15)10-11-16-3/h6-9,16H,4-5,10-13H2,1-3H3. The van der Waals surface area contributed by atoms with Gasteiger partial charge in [0.05, 0.1) is 0 Å². The SMILES string of the molecule is CCCN(CC)Cc1ccc(CCNC)cc1. The summed E-state index contributed by atoms with van der Waals surface area (Å²) in [5.41, 5.74) is 2.84. The molecule has 17 heavy (non-hydrogen) atoms. The van der Waals surface area contributed by atoms with E-state index in [0.717, 1.165) is 26.1 Å². The molecule has 0 aliphatic heterocycles. The zero-order valence-corrected chi connectivity index (χ0v) is 11.5. The van der Waals surface area contributed by atoms with Crippen LogP contribution in [0, 0.1) is 0 Å². The van der Waals surface area contributed by atoms with Crippen LogP contribution in [0.25, 0.3) is 0 Å². The number of hydrogen-bond acceptors (Lipinski definition) is 2. The highest BCUT2D eigenvalue weighted by molar-refractivity contribution is 5.22. The molecule has 0 heterocycles. The molecule has 0 spiro atoms. The fourth-order valence-corrected chi connectivity index (χ4v) is 2.00. The summed E-state index contributed by atoms with van der Waals surface area (Å²) in [5.74, 6) is 0. The third-order valence-corrected chi connectivity index (χ3v) is 3.08. The normalized spacial score (nSPS) is 11.1. The Bertz CT molecular complexity index is 292. The number of rotatable bonds is 8. The maximum Gasteiger partial charge on any atom is 0.0233 e. The molecule has 0 radical (unpaired) electrons. The van der Waals surface area contributed by atoms with Gasteiger partial charge < -0.3 is 5.32 Å². The van der Waals surface area contributed by atoms with Crippen LogP contribution < -0.4 is 5.32 Å². The predicted molar refractivity (Wildman–Crippen MR) is 75.3 cm³/mol. The fraction of sp³-hybridized carbons (Fsp3) is 0.600. The minimum absolute atomic E-state index is 1.05. The second-order valence-corrected chi connectivity index (χ2v) is 4.54. The lowest BCUT2D eigenvalue weighted by molar-refractivity contribution is 0.280. The Hall–Kier alpha value is -0.860. The topological polar surface area (TPSA) is 15.3 Å². The molecule has 1 aromatic rings. The highest BCUT2D eigenvalue weighted by atomic mass is 15.1. The molecule has 2 nitrogen and oxygen atoms in total.